The number of carbonyl (C=O) groups is 2. The lowest BCUT2D eigenvalue weighted by atomic mass is 9.73. The molecule has 5 nitrogen and oxygen atoms in total. The minimum Gasteiger partial charge on any atom is -0.342 e. The molecular weight excluding hydrogens is 326 g/mol. The number of aromatic nitrogens is 1. The molecule has 2 amide bonds. The van der Waals surface area contributed by atoms with Crippen LogP contribution in [0.25, 0.3) is 0 Å². The van der Waals surface area contributed by atoms with Crippen LogP contribution in [0.15, 0.2) is 36.5 Å². The zero-order valence-corrected chi connectivity index (χ0v) is 15.7. The highest BCUT2D eigenvalue weighted by molar-refractivity contribution is 5.78. The fourth-order valence-corrected chi connectivity index (χ4v) is 4.20. The van der Waals surface area contributed by atoms with Gasteiger partial charge in [0.15, 0.2) is 0 Å². The van der Waals surface area contributed by atoms with Gasteiger partial charge in [0, 0.05) is 62.7 Å². The van der Waals surface area contributed by atoms with Crippen LogP contribution in [0.1, 0.15) is 44.7 Å². The van der Waals surface area contributed by atoms with Crippen molar-refractivity contribution in [3.63, 3.8) is 0 Å². The number of nitrogens with zero attached hydrogens (tertiary/aromatic N) is 3. The third-order valence-corrected chi connectivity index (χ3v) is 5.65. The first-order valence-corrected chi connectivity index (χ1v) is 9.68. The van der Waals surface area contributed by atoms with Crippen molar-refractivity contribution in [2.24, 2.45) is 5.41 Å². The van der Waals surface area contributed by atoms with Gasteiger partial charge in [0.05, 0.1) is 0 Å². The van der Waals surface area contributed by atoms with E-state index in [4.69, 9.17) is 0 Å². The predicted octanol–water partition coefficient (Wildman–Crippen LogP) is 2.82. The standard InChI is InChI=1S/C21H29N3O2/c1-2-3-8-19(25)23-14-6-11-21(16-23)12-9-20(26)24(17-21)15-10-18-7-4-5-13-22-18/h2-5,7,13H,6,8-12,14-17H2,1H3. The number of carbonyl (C=O) groups excluding carboxylic acids is 2. The Labute approximate surface area is 156 Å². The van der Waals surface area contributed by atoms with Crippen LogP contribution in [-0.4, -0.2) is 52.8 Å². The Hall–Kier alpha value is -2.17. The maximum absolute atomic E-state index is 12.4. The summed E-state index contributed by atoms with van der Waals surface area (Å²) >= 11 is 0. The summed E-state index contributed by atoms with van der Waals surface area (Å²) in [6.07, 6.45) is 10.5. The molecule has 0 aliphatic carbocycles. The average Bonchev–Trinajstić information content (AvgIpc) is 2.68. The highest BCUT2D eigenvalue weighted by Crippen LogP contribution is 2.39. The van der Waals surface area contributed by atoms with Crippen molar-refractivity contribution >= 4 is 11.8 Å². The number of rotatable bonds is 5. The Morgan fingerprint density at radius 3 is 2.96 bits per heavy atom. The normalized spacial score (nSPS) is 23.8. The molecule has 3 heterocycles. The first-order valence-electron chi connectivity index (χ1n) is 9.68. The van der Waals surface area contributed by atoms with E-state index in [1.807, 2.05) is 47.1 Å². The van der Waals surface area contributed by atoms with Crippen LogP contribution < -0.4 is 0 Å². The monoisotopic (exact) mass is 355 g/mol. The summed E-state index contributed by atoms with van der Waals surface area (Å²) in [6, 6.07) is 5.90. The highest BCUT2D eigenvalue weighted by Gasteiger charge is 2.42. The molecule has 1 aromatic heterocycles. The number of pyridine rings is 1. The van der Waals surface area contributed by atoms with Crippen molar-refractivity contribution in [3.05, 3.63) is 42.2 Å². The molecule has 0 radical (unpaired) electrons. The number of likely N-dealkylation sites (tertiary alicyclic amines) is 2. The van der Waals surface area contributed by atoms with E-state index >= 15 is 0 Å². The summed E-state index contributed by atoms with van der Waals surface area (Å²) in [5.74, 6) is 0.447. The Kier molecular flexibility index (Phi) is 6.07. The average molecular weight is 355 g/mol. The molecule has 3 rings (SSSR count). The number of amides is 2. The third kappa shape index (κ3) is 4.51. The minimum absolute atomic E-state index is 0.0713. The van der Waals surface area contributed by atoms with Crippen molar-refractivity contribution in [1.82, 2.24) is 14.8 Å². The Morgan fingerprint density at radius 1 is 1.31 bits per heavy atom. The second-order valence-corrected chi connectivity index (χ2v) is 7.58. The van der Waals surface area contributed by atoms with Gasteiger partial charge < -0.3 is 9.80 Å². The fraction of sp³-hybridized carbons (Fsp3) is 0.571. The highest BCUT2D eigenvalue weighted by atomic mass is 16.2. The van der Waals surface area contributed by atoms with Crippen molar-refractivity contribution in [1.29, 1.82) is 0 Å². The van der Waals surface area contributed by atoms with Gasteiger partial charge in [-0.2, -0.15) is 0 Å². The molecule has 2 fully saturated rings. The van der Waals surface area contributed by atoms with Gasteiger partial charge in [0.25, 0.3) is 0 Å². The van der Waals surface area contributed by atoms with E-state index in [9.17, 15) is 9.59 Å². The molecule has 140 valence electrons. The molecule has 5 heteroatoms. The lowest BCUT2D eigenvalue weighted by molar-refractivity contribution is -0.142. The van der Waals surface area contributed by atoms with Gasteiger partial charge in [-0.15, -0.1) is 0 Å². The SMILES string of the molecule is CC=CCC(=O)N1CCCC2(CCC(=O)N(CCc3ccccn3)C2)C1. The van der Waals surface area contributed by atoms with Crippen molar-refractivity contribution < 1.29 is 9.59 Å². The summed E-state index contributed by atoms with van der Waals surface area (Å²) in [5.41, 5.74) is 1.09. The lowest BCUT2D eigenvalue weighted by Gasteiger charge is -2.48. The zero-order chi connectivity index (χ0) is 18.4. The minimum atomic E-state index is 0.0713. The van der Waals surface area contributed by atoms with Gasteiger partial charge in [-0.3, -0.25) is 14.6 Å². The molecule has 2 aliphatic heterocycles. The molecule has 1 spiro atoms. The van der Waals surface area contributed by atoms with Gasteiger partial charge in [-0.05, 0) is 38.3 Å². The van der Waals surface area contributed by atoms with E-state index in [0.29, 0.717) is 19.4 Å². The predicted molar refractivity (Wildman–Crippen MR) is 101 cm³/mol. The van der Waals surface area contributed by atoms with Crippen molar-refractivity contribution in [3.8, 4) is 0 Å². The van der Waals surface area contributed by atoms with Crippen LogP contribution in [0.2, 0.25) is 0 Å². The molecule has 26 heavy (non-hydrogen) atoms. The van der Waals surface area contributed by atoms with Crippen LogP contribution in [0.5, 0.6) is 0 Å². The first-order chi connectivity index (χ1) is 12.6. The number of hydrogen-bond donors (Lipinski definition) is 0. The smallest absolute Gasteiger partial charge is 0.226 e. The third-order valence-electron chi connectivity index (χ3n) is 5.65. The number of allylic oxidation sites excluding steroid dienone is 1. The lowest BCUT2D eigenvalue weighted by Crippen LogP contribution is -2.55. The summed E-state index contributed by atoms with van der Waals surface area (Å²) in [7, 11) is 0. The fourth-order valence-electron chi connectivity index (χ4n) is 4.20. The molecule has 1 atom stereocenters. The molecule has 0 N–H and O–H groups in total. The summed E-state index contributed by atoms with van der Waals surface area (Å²) in [4.78, 5) is 33.2. The Bertz CT molecular complexity index is 658. The zero-order valence-electron chi connectivity index (χ0n) is 15.7. The largest absolute Gasteiger partial charge is 0.342 e. The first kappa shape index (κ1) is 18.6. The van der Waals surface area contributed by atoms with E-state index in [2.05, 4.69) is 4.98 Å². The van der Waals surface area contributed by atoms with E-state index in [1.165, 1.54) is 0 Å². The van der Waals surface area contributed by atoms with Crippen LogP contribution in [-0.2, 0) is 16.0 Å². The molecule has 1 unspecified atom stereocenters. The van der Waals surface area contributed by atoms with Crippen LogP contribution in [0.3, 0.4) is 0 Å². The van der Waals surface area contributed by atoms with E-state index in [0.717, 1.165) is 51.0 Å². The van der Waals surface area contributed by atoms with Gasteiger partial charge >= 0.3 is 0 Å². The molecular formula is C21H29N3O2. The van der Waals surface area contributed by atoms with Crippen LogP contribution in [0, 0.1) is 5.41 Å². The van der Waals surface area contributed by atoms with Crippen molar-refractivity contribution in [2.45, 2.75) is 45.4 Å². The van der Waals surface area contributed by atoms with Gasteiger partial charge in [-0.25, -0.2) is 0 Å². The van der Waals surface area contributed by atoms with Gasteiger partial charge in [0.2, 0.25) is 11.8 Å². The molecule has 0 aromatic carbocycles. The number of piperidine rings is 2. The Morgan fingerprint density at radius 2 is 2.19 bits per heavy atom. The topological polar surface area (TPSA) is 53.5 Å². The molecule has 2 aliphatic rings. The van der Waals surface area contributed by atoms with Gasteiger partial charge in [0.1, 0.15) is 0 Å². The van der Waals surface area contributed by atoms with E-state index in [1.54, 1.807) is 6.20 Å². The maximum atomic E-state index is 12.4. The maximum Gasteiger partial charge on any atom is 0.226 e. The summed E-state index contributed by atoms with van der Waals surface area (Å²) in [6.45, 7) is 5.06. The molecule has 2 saturated heterocycles. The second kappa shape index (κ2) is 8.47. The summed E-state index contributed by atoms with van der Waals surface area (Å²) in [5, 5.41) is 0. The van der Waals surface area contributed by atoms with Crippen molar-refractivity contribution in [2.75, 3.05) is 26.2 Å². The van der Waals surface area contributed by atoms with Gasteiger partial charge in [-0.1, -0.05) is 18.2 Å². The van der Waals surface area contributed by atoms with Crippen LogP contribution >= 0.6 is 0 Å². The Balaban J connectivity index is 1.62. The molecule has 0 saturated carbocycles. The van der Waals surface area contributed by atoms with E-state index in [-0.39, 0.29) is 17.2 Å². The van der Waals surface area contributed by atoms with E-state index < -0.39 is 0 Å². The summed E-state index contributed by atoms with van der Waals surface area (Å²) < 4.78 is 0. The van der Waals surface area contributed by atoms with Crippen LogP contribution in [0.4, 0.5) is 0 Å². The quantitative estimate of drug-likeness (QED) is 0.763. The molecule has 0 bridgehead atoms. The molecule has 1 aromatic rings. The second-order valence-electron chi connectivity index (χ2n) is 7.58. The number of hydrogen-bond acceptors (Lipinski definition) is 3.